The molecule has 0 unspecified atom stereocenters. The van der Waals surface area contributed by atoms with Gasteiger partial charge in [0.05, 0.1) is 3.33 Å². The molecule has 0 aromatic carbocycles. The quantitative estimate of drug-likeness (QED) is 0.386. The average Bonchev–Trinajstić information content (AvgIpc) is 1.27. The summed E-state index contributed by atoms with van der Waals surface area (Å²) in [6.07, 6.45) is 0. The third-order valence-corrected chi connectivity index (χ3v) is 20.4. The van der Waals surface area contributed by atoms with E-state index in [4.69, 9.17) is 0 Å². The van der Waals surface area contributed by atoms with Gasteiger partial charge in [-0.15, -0.1) is 0 Å². The molecule has 7 heavy (non-hydrogen) atoms. The Hall–Kier alpha value is 1.93. The van der Waals surface area contributed by atoms with Crippen molar-refractivity contribution >= 4 is 56.9 Å². The first-order valence-electron chi connectivity index (χ1n) is 1.53. The Balaban J connectivity index is 2.48. The molecular formula is CHIOS4. The standard InChI is InChI=1S/CHIOS4/c2-7(3)4-1(5-7)6-7/h1H. The Morgan fingerprint density at radius 1 is 1.43 bits per heavy atom. The van der Waals surface area contributed by atoms with Crippen LogP contribution in [0.5, 0.6) is 0 Å². The highest BCUT2D eigenvalue weighted by Crippen LogP contribution is 2.93. The zero-order valence-electron chi connectivity index (χ0n) is 3.00. The fourth-order valence-electron chi connectivity index (χ4n) is 0.399. The van der Waals surface area contributed by atoms with Gasteiger partial charge in [-0.2, -0.15) is 0 Å². The van der Waals surface area contributed by atoms with Gasteiger partial charge >= 0.3 is 0 Å². The van der Waals surface area contributed by atoms with Crippen LogP contribution >= 0.6 is 53.6 Å². The molecule has 6 heteroatoms. The topological polar surface area (TPSA) is 17.1 Å². The van der Waals surface area contributed by atoms with Gasteiger partial charge in [-0.3, -0.25) is 0 Å². The Morgan fingerprint density at radius 3 is 1.71 bits per heavy atom. The molecule has 3 aliphatic rings. The maximum absolute atomic E-state index is 11.2. The SMILES string of the molecule is O=S12(I)SC(S1)S2. The van der Waals surface area contributed by atoms with Crippen molar-refractivity contribution in [3.63, 3.8) is 0 Å². The summed E-state index contributed by atoms with van der Waals surface area (Å²) in [7, 11) is 4.88. The van der Waals surface area contributed by atoms with Crippen molar-refractivity contribution in [2.45, 2.75) is 3.91 Å². The van der Waals surface area contributed by atoms with Gasteiger partial charge in [0.25, 0.3) is 0 Å². The number of hydrogen-bond acceptors (Lipinski definition) is 4. The fourth-order valence-corrected chi connectivity index (χ4v) is 29.7. The molecule has 0 aromatic heterocycles. The van der Waals surface area contributed by atoms with Gasteiger partial charge in [-0.1, -0.05) is 0 Å². The zero-order chi connectivity index (χ0) is 5.15. The highest BCUT2D eigenvalue weighted by Gasteiger charge is 2.66. The largest absolute Gasteiger partial charge is 0.242 e. The van der Waals surface area contributed by atoms with Crippen LogP contribution in [-0.4, -0.2) is 8.12 Å². The van der Waals surface area contributed by atoms with Crippen molar-refractivity contribution in [3.8, 4) is 0 Å². The van der Waals surface area contributed by atoms with E-state index >= 15 is 0 Å². The normalized spacial score (nSPS) is 55.0. The van der Waals surface area contributed by atoms with Gasteiger partial charge in [0.2, 0.25) is 0 Å². The van der Waals surface area contributed by atoms with Crippen molar-refractivity contribution in [2.75, 3.05) is 0 Å². The first kappa shape index (κ1) is 5.70. The van der Waals surface area contributed by atoms with Crippen molar-refractivity contribution in [1.29, 1.82) is 0 Å². The molecule has 0 radical (unpaired) electrons. The number of hydrogen-bond donors (Lipinski definition) is 0. The van der Waals surface area contributed by atoms with Gasteiger partial charge in [0.1, 0.15) is 3.91 Å². The molecule has 0 aromatic rings. The summed E-state index contributed by atoms with van der Waals surface area (Å²) in [6, 6.07) is 0. The second-order valence-electron chi connectivity index (χ2n) is 1.24. The van der Waals surface area contributed by atoms with Gasteiger partial charge in [-0.05, 0) is 32.4 Å². The molecule has 2 bridgehead atoms. The zero-order valence-corrected chi connectivity index (χ0v) is 8.42. The summed E-state index contributed by atoms with van der Waals surface area (Å²) in [5, 5.41) is 0. The minimum absolute atomic E-state index is 0.622. The predicted octanol–water partition coefficient (Wildman–Crippen LogP) is 2.41. The molecule has 1 nitrogen and oxygen atoms in total. The van der Waals surface area contributed by atoms with Crippen LogP contribution in [-0.2, 0) is 3.33 Å². The first-order chi connectivity index (χ1) is 3.07. The number of rotatable bonds is 0. The minimum atomic E-state index is -2.07. The lowest BCUT2D eigenvalue weighted by Gasteiger charge is -2.58. The van der Waals surface area contributed by atoms with E-state index < -0.39 is 3.33 Å². The summed E-state index contributed by atoms with van der Waals surface area (Å²) in [5.74, 6) is 0. The van der Waals surface area contributed by atoms with E-state index in [1.807, 2.05) is 0 Å². The van der Waals surface area contributed by atoms with Crippen LogP contribution in [0.4, 0.5) is 0 Å². The Bertz CT molecular complexity index is 160. The molecule has 0 spiro atoms. The maximum atomic E-state index is 11.2. The van der Waals surface area contributed by atoms with Crippen LogP contribution in [0, 0.1) is 0 Å². The smallest absolute Gasteiger partial charge is 0.135 e. The van der Waals surface area contributed by atoms with Gasteiger partial charge in [-0.25, -0.2) is 4.21 Å². The lowest BCUT2D eigenvalue weighted by molar-refractivity contribution is 0.695. The highest BCUT2D eigenvalue weighted by atomic mass is 127. The summed E-state index contributed by atoms with van der Waals surface area (Å²) in [4.78, 5) is 0. The molecule has 3 aliphatic heterocycles. The minimum Gasteiger partial charge on any atom is -0.242 e. The summed E-state index contributed by atoms with van der Waals surface area (Å²) >= 11 is 2.07. The van der Waals surface area contributed by atoms with Crippen LogP contribution in [0.2, 0.25) is 0 Å². The lowest BCUT2D eigenvalue weighted by Crippen LogP contribution is -2.38. The average molecular weight is 284 g/mol. The van der Waals surface area contributed by atoms with E-state index in [-0.39, 0.29) is 0 Å². The predicted molar refractivity (Wildman–Crippen MR) is 48.7 cm³/mol. The molecule has 0 aliphatic carbocycles. The maximum Gasteiger partial charge on any atom is 0.135 e. The molecule has 0 atom stereocenters. The van der Waals surface area contributed by atoms with E-state index in [1.54, 1.807) is 32.4 Å². The Labute approximate surface area is 64.3 Å². The van der Waals surface area contributed by atoms with E-state index in [0.717, 1.165) is 0 Å². The molecule has 3 heterocycles. The summed E-state index contributed by atoms with van der Waals surface area (Å²) in [5.41, 5.74) is 0. The summed E-state index contributed by atoms with van der Waals surface area (Å²) < 4.78 is 9.74. The van der Waals surface area contributed by atoms with E-state index in [0.29, 0.717) is 3.91 Å². The van der Waals surface area contributed by atoms with Crippen molar-refractivity contribution in [2.24, 2.45) is 0 Å². The molecule has 0 amide bonds. The molecule has 3 saturated heterocycles. The Kier molecular flexibility index (Phi) is 0.964. The third-order valence-electron chi connectivity index (χ3n) is 0.698. The molecule has 3 rings (SSSR count). The van der Waals surface area contributed by atoms with Crippen LogP contribution < -0.4 is 0 Å². The first-order valence-corrected chi connectivity index (χ1v) is 10.2. The molecule has 3 fully saturated rings. The third kappa shape index (κ3) is 0.702. The van der Waals surface area contributed by atoms with Gasteiger partial charge < -0.3 is 0 Å². The van der Waals surface area contributed by atoms with Gasteiger partial charge in [0.15, 0.2) is 0 Å². The van der Waals surface area contributed by atoms with E-state index in [9.17, 15) is 4.21 Å². The van der Waals surface area contributed by atoms with Gasteiger partial charge in [0, 0.05) is 21.2 Å². The van der Waals surface area contributed by atoms with Crippen LogP contribution in [0.15, 0.2) is 0 Å². The molecule has 42 valence electrons. The van der Waals surface area contributed by atoms with Crippen molar-refractivity contribution in [1.82, 2.24) is 0 Å². The van der Waals surface area contributed by atoms with Crippen LogP contribution in [0.3, 0.4) is 0 Å². The Morgan fingerprint density at radius 2 is 1.71 bits per heavy atom. The van der Waals surface area contributed by atoms with Crippen molar-refractivity contribution in [3.05, 3.63) is 0 Å². The van der Waals surface area contributed by atoms with Crippen LogP contribution in [0.1, 0.15) is 0 Å². The second kappa shape index (κ2) is 1.18. The summed E-state index contributed by atoms with van der Waals surface area (Å²) in [6.45, 7) is 0. The monoisotopic (exact) mass is 284 g/mol. The van der Waals surface area contributed by atoms with Crippen molar-refractivity contribution < 1.29 is 4.21 Å². The molecule has 0 saturated carbocycles. The van der Waals surface area contributed by atoms with E-state index in [1.165, 1.54) is 0 Å². The lowest BCUT2D eigenvalue weighted by atomic mass is 11.9. The fraction of sp³-hybridized carbons (Fsp3) is 1.00. The molecular weight excluding hydrogens is 283 g/mol. The van der Waals surface area contributed by atoms with Crippen LogP contribution in [0.25, 0.3) is 0 Å². The molecule has 0 N–H and O–H groups in total. The highest BCUT2D eigenvalue weighted by molar-refractivity contribution is 14.2. The second-order valence-corrected chi connectivity index (χ2v) is 25.2. The van der Waals surface area contributed by atoms with E-state index in [2.05, 4.69) is 21.2 Å². The number of halogens is 1.